The minimum atomic E-state index is -0.640. The zero-order chi connectivity index (χ0) is 14.0. The zero-order valence-electron chi connectivity index (χ0n) is 11.1. The highest BCUT2D eigenvalue weighted by Crippen LogP contribution is 2.27. The number of rotatable bonds is 3. The third-order valence-electron chi connectivity index (χ3n) is 3.01. The van der Waals surface area contributed by atoms with Gasteiger partial charge >= 0.3 is 0 Å². The average Bonchev–Trinajstić information content (AvgIpc) is 2.83. The molecule has 2 aromatic heterocycles. The molecular formula is C14H15FN2OS. The summed E-state index contributed by atoms with van der Waals surface area (Å²) in [5.41, 5.74) is 0.127. The third-order valence-corrected chi connectivity index (χ3v) is 4.18. The number of carbonyl (C=O) groups is 1. The van der Waals surface area contributed by atoms with Crippen molar-refractivity contribution in [2.45, 2.75) is 19.9 Å². The van der Waals surface area contributed by atoms with Crippen molar-refractivity contribution >= 4 is 17.2 Å². The van der Waals surface area contributed by atoms with E-state index in [1.165, 1.54) is 23.1 Å². The van der Waals surface area contributed by atoms with Crippen molar-refractivity contribution in [2.24, 2.45) is 0 Å². The second-order valence-electron chi connectivity index (χ2n) is 4.39. The van der Waals surface area contributed by atoms with E-state index in [0.717, 1.165) is 4.88 Å². The summed E-state index contributed by atoms with van der Waals surface area (Å²) >= 11 is 1.65. The van der Waals surface area contributed by atoms with Gasteiger partial charge in [0, 0.05) is 16.8 Å². The molecule has 0 aliphatic rings. The summed E-state index contributed by atoms with van der Waals surface area (Å²) in [6.07, 6.45) is 0. The Hall–Kier alpha value is -1.75. The summed E-state index contributed by atoms with van der Waals surface area (Å²) in [5.74, 6) is -0.920. The van der Waals surface area contributed by atoms with Crippen LogP contribution in [-0.4, -0.2) is 22.8 Å². The maximum absolute atomic E-state index is 13.0. The van der Waals surface area contributed by atoms with Gasteiger partial charge in [-0.05, 0) is 38.1 Å². The van der Waals surface area contributed by atoms with E-state index < -0.39 is 5.95 Å². The second-order valence-corrected chi connectivity index (χ2v) is 5.71. The molecular weight excluding hydrogens is 263 g/mol. The minimum absolute atomic E-state index is 0.0590. The molecule has 3 nitrogen and oxygen atoms in total. The number of halogens is 1. The maximum Gasteiger partial charge on any atom is 0.272 e. The molecule has 1 amide bonds. The Bertz CT molecular complexity index is 597. The van der Waals surface area contributed by atoms with Crippen molar-refractivity contribution in [1.82, 2.24) is 9.88 Å². The van der Waals surface area contributed by atoms with Crippen LogP contribution in [-0.2, 0) is 0 Å². The van der Waals surface area contributed by atoms with E-state index >= 15 is 0 Å². The molecule has 1 atom stereocenters. The Kier molecular flexibility index (Phi) is 3.95. The highest BCUT2D eigenvalue weighted by molar-refractivity contribution is 7.12. The van der Waals surface area contributed by atoms with Crippen LogP contribution in [0.3, 0.4) is 0 Å². The quantitative estimate of drug-likeness (QED) is 0.806. The number of amides is 1. The van der Waals surface area contributed by atoms with Crippen LogP contribution in [0.25, 0.3) is 0 Å². The predicted molar refractivity (Wildman–Crippen MR) is 73.8 cm³/mol. The van der Waals surface area contributed by atoms with Crippen LogP contribution in [0.15, 0.2) is 30.3 Å². The first-order valence-electron chi connectivity index (χ1n) is 5.95. The van der Waals surface area contributed by atoms with Crippen molar-refractivity contribution in [3.05, 3.63) is 51.7 Å². The summed E-state index contributed by atoms with van der Waals surface area (Å²) in [4.78, 5) is 19.7. The summed E-state index contributed by atoms with van der Waals surface area (Å²) < 4.78 is 13.0. The van der Waals surface area contributed by atoms with Gasteiger partial charge in [0.15, 0.2) is 0 Å². The Labute approximate surface area is 115 Å². The van der Waals surface area contributed by atoms with E-state index in [-0.39, 0.29) is 17.6 Å². The van der Waals surface area contributed by atoms with Gasteiger partial charge < -0.3 is 4.90 Å². The number of pyridine rings is 1. The van der Waals surface area contributed by atoms with Crippen LogP contribution < -0.4 is 0 Å². The summed E-state index contributed by atoms with van der Waals surface area (Å²) in [6.45, 7) is 3.97. The lowest BCUT2D eigenvalue weighted by molar-refractivity contribution is 0.0737. The lowest BCUT2D eigenvalue weighted by Crippen LogP contribution is -2.30. The smallest absolute Gasteiger partial charge is 0.272 e. The molecule has 2 aromatic rings. The van der Waals surface area contributed by atoms with E-state index in [9.17, 15) is 9.18 Å². The average molecular weight is 278 g/mol. The maximum atomic E-state index is 13.0. The van der Waals surface area contributed by atoms with Crippen LogP contribution in [0.5, 0.6) is 0 Å². The molecule has 0 aliphatic carbocycles. The largest absolute Gasteiger partial charge is 0.333 e. The molecule has 0 saturated heterocycles. The fraction of sp³-hybridized carbons (Fsp3) is 0.286. The molecule has 5 heteroatoms. The molecule has 2 rings (SSSR count). The minimum Gasteiger partial charge on any atom is -0.333 e. The van der Waals surface area contributed by atoms with Gasteiger partial charge in [-0.15, -0.1) is 11.3 Å². The second kappa shape index (κ2) is 5.48. The van der Waals surface area contributed by atoms with Gasteiger partial charge in [0.1, 0.15) is 5.69 Å². The summed E-state index contributed by atoms with van der Waals surface area (Å²) in [7, 11) is 1.70. The van der Waals surface area contributed by atoms with Crippen molar-refractivity contribution in [3.63, 3.8) is 0 Å². The Morgan fingerprint density at radius 1 is 1.37 bits per heavy atom. The molecule has 0 bridgehead atoms. The summed E-state index contributed by atoms with van der Waals surface area (Å²) in [6, 6.07) is 8.21. The lowest BCUT2D eigenvalue weighted by atomic mass is 10.2. The van der Waals surface area contributed by atoms with Crippen LogP contribution >= 0.6 is 11.3 Å². The van der Waals surface area contributed by atoms with E-state index in [1.54, 1.807) is 23.3 Å². The molecule has 0 fully saturated rings. The van der Waals surface area contributed by atoms with E-state index in [1.807, 2.05) is 26.0 Å². The first-order valence-corrected chi connectivity index (χ1v) is 6.76. The molecule has 1 unspecified atom stereocenters. The van der Waals surface area contributed by atoms with Crippen LogP contribution in [0.2, 0.25) is 0 Å². The number of hydrogen-bond acceptors (Lipinski definition) is 3. The number of nitrogens with zero attached hydrogens (tertiary/aromatic N) is 2. The van der Waals surface area contributed by atoms with Crippen LogP contribution in [0.4, 0.5) is 4.39 Å². The normalized spacial score (nSPS) is 12.2. The van der Waals surface area contributed by atoms with Crippen molar-refractivity contribution < 1.29 is 9.18 Å². The standard InChI is InChI=1S/C14H15FN2OS/c1-9-7-8-12(19-9)10(2)17(3)14(18)11-5-4-6-13(15)16-11/h4-8,10H,1-3H3. The number of thiophene rings is 1. The van der Waals surface area contributed by atoms with Gasteiger partial charge in [0.2, 0.25) is 5.95 Å². The van der Waals surface area contributed by atoms with Gasteiger partial charge in [-0.1, -0.05) is 6.07 Å². The molecule has 19 heavy (non-hydrogen) atoms. The number of aromatic nitrogens is 1. The molecule has 0 saturated carbocycles. The third kappa shape index (κ3) is 2.98. The molecule has 0 spiro atoms. The van der Waals surface area contributed by atoms with Crippen LogP contribution in [0.1, 0.15) is 33.2 Å². The Balaban J connectivity index is 2.19. The predicted octanol–water partition coefficient (Wildman–Crippen LogP) is 3.42. The fourth-order valence-electron chi connectivity index (χ4n) is 1.75. The van der Waals surface area contributed by atoms with Gasteiger partial charge in [-0.3, -0.25) is 4.79 Å². The topological polar surface area (TPSA) is 33.2 Å². The fourth-order valence-corrected chi connectivity index (χ4v) is 2.73. The zero-order valence-corrected chi connectivity index (χ0v) is 11.9. The highest BCUT2D eigenvalue weighted by Gasteiger charge is 2.21. The van der Waals surface area contributed by atoms with Gasteiger partial charge in [0.25, 0.3) is 5.91 Å². The number of aryl methyl sites for hydroxylation is 1. The molecule has 2 heterocycles. The van der Waals surface area contributed by atoms with Gasteiger partial charge in [-0.25, -0.2) is 4.98 Å². The van der Waals surface area contributed by atoms with Crippen molar-refractivity contribution in [2.75, 3.05) is 7.05 Å². The van der Waals surface area contributed by atoms with E-state index in [2.05, 4.69) is 4.98 Å². The Morgan fingerprint density at radius 3 is 2.68 bits per heavy atom. The number of carbonyl (C=O) groups excluding carboxylic acids is 1. The number of hydrogen-bond donors (Lipinski definition) is 0. The van der Waals surface area contributed by atoms with Gasteiger partial charge in [0.05, 0.1) is 6.04 Å². The van der Waals surface area contributed by atoms with E-state index in [0.29, 0.717) is 0 Å². The molecule has 0 aromatic carbocycles. The van der Waals surface area contributed by atoms with Crippen molar-refractivity contribution in [1.29, 1.82) is 0 Å². The van der Waals surface area contributed by atoms with Crippen LogP contribution in [0, 0.1) is 12.9 Å². The molecule has 0 N–H and O–H groups in total. The first-order chi connectivity index (χ1) is 8.99. The molecule has 0 radical (unpaired) electrons. The SMILES string of the molecule is Cc1ccc(C(C)N(C)C(=O)c2cccc(F)n2)s1. The van der Waals surface area contributed by atoms with E-state index in [4.69, 9.17) is 0 Å². The van der Waals surface area contributed by atoms with Crippen molar-refractivity contribution in [3.8, 4) is 0 Å². The first kappa shape index (κ1) is 13.7. The molecule has 0 aliphatic heterocycles. The highest BCUT2D eigenvalue weighted by atomic mass is 32.1. The monoisotopic (exact) mass is 278 g/mol. The lowest BCUT2D eigenvalue weighted by Gasteiger charge is -2.23. The van der Waals surface area contributed by atoms with Gasteiger partial charge in [-0.2, -0.15) is 4.39 Å². The molecule has 100 valence electrons. The summed E-state index contributed by atoms with van der Waals surface area (Å²) in [5, 5.41) is 0. The Morgan fingerprint density at radius 2 is 2.11 bits per heavy atom.